The fourth-order valence-electron chi connectivity index (χ4n) is 2.54. The van der Waals surface area contributed by atoms with Crippen molar-refractivity contribution in [2.45, 2.75) is 38.8 Å². The molecule has 19 heavy (non-hydrogen) atoms. The number of aryl methyl sites for hydroxylation is 1. The number of nitrogens with one attached hydrogen (secondary N) is 1. The second-order valence-electron chi connectivity index (χ2n) is 5.02. The lowest BCUT2D eigenvalue weighted by atomic mass is 9.89. The number of rotatable bonds is 4. The summed E-state index contributed by atoms with van der Waals surface area (Å²) in [4.78, 5) is 26.0. The van der Waals surface area contributed by atoms with E-state index in [9.17, 15) is 9.59 Å². The van der Waals surface area contributed by atoms with Crippen LogP contribution in [0.15, 0.2) is 12.4 Å². The van der Waals surface area contributed by atoms with Crippen molar-refractivity contribution < 1.29 is 9.59 Å². The third kappa shape index (κ3) is 2.47. The maximum absolute atomic E-state index is 12.6. The molecule has 1 fully saturated rings. The van der Waals surface area contributed by atoms with Crippen LogP contribution in [0.3, 0.4) is 0 Å². The van der Waals surface area contributed by atoms with Gasteiger partial charge < -0.3 is 10.2 Å². The van der Waals surface area contributed by atoms with Gasteiger partial charge in [-0.05, 0) is 12.8 Å². The Morgan fingerprint density at radius 3 is 2.58 bits per heavy atom. The Kier molecular flexibility index (Phi) is 3.59. The van der Waals surface area contributed by atoms with Gasteiger partial charge in [0.05, 0.1) is 12.7 Å². The van der Waals surface area contributed by atoms with Crippen LogP contribution in [0.2, 0.25) is 0 Å². The van der Waals surface area contributed by atoms with Crippen molar-refractivity contribution in [2.75, 3.05) is 6.54 Å². The normalized spacial score (nSPS) is 18.6. The first-order valence-electron chi connectivity index (χ1n) is 6.58. The molecule has 0 spiro atoms. The van der Waals surface area contributed by atoms with Gasteiger partial charge in [-0.15, -0.1) is 0 Å². The van der Waals surface area contributed by atoms with Crippen LogP contribution < -0.4 is 5.32 Å². The van der Waals surface area contributed by atoms with Crippen LogP contribution in [-0.4, -0.2) is 38.6 Å². The molecule has 1 saturated heterocycles. The fourth-order valence-corrected chi connectivity index (χ4v) is 2.54. The minimum absolute atomic E-state index is 0.000882. The van der Waals surface area contributed by atoms with E-state index in [0.29, 0.717) is 19.4 Å². The molecular weight excluding hydrogens is 244 g/mol. The van der Waals surface area contributed by atoms with E-state index in [1.54, 1.807) is 15.8 Å². The lowest BCUT2D eigenvalue weighted by Gasteiger charge is -2.41. The molecule has 1 N–H and O–H groups in total. The van der Waals surface area contributed by atoms with Crippen molar-refractivity contribution in [3.05, 3.63) is 18.0 Å². The SMILES string of the molecule is CCC1(CC)NC(=O)CN(Cc2cnn(C)c2)C1=O. The zero-order valence-electron chi connectivity index (χ0n) is 11.6. The maximum atomic E-state index is 12.6. The van der Waals surface area contributed by atoms with Gasteiger partial charge in [-0.3, -0.25) is 14.3 Å². The Morgan fingerprint density at radius 1 is 1.37 bits per heavy atom. The van der Waals surface area contributed by atoms with Crippen molar-refractivity contribution >= 4 is 11.8 Å². The number of hydrogen-bond donors (Lipinski definition) is 1. The predicted octanol–water partition coefficient (Wildman–Crippen LogP) is 0.437. The van der Waals surface area contributed by atoms with Crippen LogP contribution in [0.5, 0.6) is 0 Å². The van der Waals surface area contributed by atoms with E-state index in [0.717, 1.165) is 5.56 Å². The highest BCUT2D eigenvalue weighted by molar-refractivity contribution is 5.97. The van der Waals surface area contributed by atoms with Crippen LogP contribution in [0.1, 0.15) is 32.3 Å². The third-order valence-electron chi connectivity index (χ3n) is 3.75. The minimum atomic E-state index is -0.739. The van der Waals surface area contributed by atoms with Crippen LogP contribution in [-0.2, 0) is 23.2 Å². The molecule has 2 heterocycles. The number of carbonyl (C=O) groups is 2. The van der Waals surface area contributed by atoms with E-state index in [2.05, 4.69) is 10.4 Å². The van der Waals surface area contributed by atoms with E-state index >= 15 is 0 Å². The Bertz CT molecular complexity index is 491. The molecule has 0 aliphatic carbocycles. The number of amides is 2. The van der Waals surface area contributed by atoms with Crippen molar-refractivity contribution in [3.8, 4) is 0 Å². The molecule has 0 bridgehead atoms. The van der Waals surface area contributed by atoms with Crippen LogP contribution in [0.25, 0.3) is 0 Å². The summed E-state index contributed by atoms with van der Waals surface area (Å²) in [6.45, 7) is 4.40. The van der Waals surface area contributed by atoms with Gasteiger partial charge in [0.25, 0.3) is 0 Å². The first-order chi connectivity index (χ1) is 9.00. The minimum Gasteiger partial charge on any atom is -0.340 e. The average molecular weight is 264 g/mol. The molecule has 0 aromatic carbocycles. The van der Waals surface area contributed by atoms with Crippen molar-refractivity contribution in [1.82, 2.24) is 20.0 Å². The quantitative estimate of drug-likeness (QED) is 0.858. The van der Waals surface area contributed by atoms with E-state index in [1.807, 2.05) is 27.1 Å². The molecule has 6 heteroatoms. The van der Waals surface area contributed by atoms with Crippen LogP contribution in [0, 0.1) is 0 Å². The number of piperazine rings is 1. The van der Waals surface area contributed by atoms with Crippen LogP contribution in [0.4, 0.5) is 0 Å². The second kappa shape index (κ2) is 5.03. The van der Waals surface area contributed by atoms with Gasteiger partial charge in [-0.2, -0.15) is 5.10 Å². The number of carbonyl (C=O) groups excluding carboxylic acids is 2. The van der Waals surface area contributed by atoms with Gasteiger partial charge in [-0.1, -0.05) is 13.8 Å². The largest absolute Gasteiger partial charge is 0.340 e. The predicted molar refractivity (Wildman–Crippen MR) is 70.1 cm³/mol. The molecule has 1 aliphatic rings. The van der Waals surface area contributed by atoms with E-state index < -0.39 is 5.54 Å². The second-order valence-corrected chi connectivity index (χ2v) is 5.02. The topological polar surface area (TPSA) is 67.2 Å². The van der Waals surface area contributed by atoms with Crippen molar-refractivity contribution in [1.29, 1.82) is 0 Å². The Hall–Kier alpha value is -1.85. The third-order valence-corrected chi connectivity index (χ3v) is 3.75. The van der Waals surface area contributed by atoms with Gasteiger partial charge in [0.15, 0.2) is 0 Å². The zero-order chi connectivity index (χ0) is 14.0. The van der Waals surface area contributed by atoms with Gasteiger partial charge in [0.1, 0.15) is 5.54 Å². The summed E-state index contributed by atoms with van der Waals surface area (Å²) < 4.78 is 1.69. The fraction of sp³-hybridized carbons (Fsp3) is 0.615. The number of hydrogen-bond acceptors (Lipinski definition) is 3. The molecule has 2 amide bonds. The summed E-state index contributed by atoms with van der Waals surface area (Å²) in [6, 6.07) is 0. The Labute approximate surface area is 112 Å². The van der Waals surface area contributed by atoms with Crippen molar-refractivity contribution in [3.63, 3.8) is 0 Å². The lowest BCUT2D eigenvalue weighted by Crippen LogP contribution is -2.65. The highest BCUT2D eigenvalue weighted by atomic mass is 16.2. The number of nitrogens with zero attached hydrogens (tertiary/aromatic N) is 3. The zero-order valence-corrected chi connectivity index (χ0v) is 11.6. The summed E-state index contributed by atoms with van der Waals surface area (Å²) >= 11 is 0. The first-order valence-corrected chi connectivity index (χ1v) is 6.58. The van der Waals surface area contributed by atoms with E-state index in [-0.39, 0.29) is 18.4 Å². The van der Waals surface area contributed by atoms with E-state index in [4.69, 9.17) is 0 Å². The maximum Gasteiger partial charge on any atom is 0.249 e. The van der Waals surface area contributed by atoms with Crippen molar-refractivity contribution in [2.24, 2.45) is 7.05 Å². The van der Waals surface area contributed by atoms with Crippen LogP contribution >= 0.6 is 0 Å². The molecule has 6 nitrogen and oxygen atoms in total. The van der Waals surface area contributed by atoms with Gasteiger partial charge in [0, 0.05) is 25.4 Å². The Morgan fingerprint density at radius 2 is 2.05 bits per heavy atom. The summed E-state index contributed by atoms with van der Waals surface area (Å²) in [6.07, 6.45) is 4.80. The van der Waals surface area contributed by atoms with Gasteiger partial charge >= 0.3 is 0 Å². The summed E-state index contributed by atoms with van der Waals surface area (Å²) in [5.41, 5.74) is 0.198. The molecule has 0 saturated carbocycles. The standard InChI is InChI=1S/C13H20N4O2/c1-4-13(5-2)12(19)17(9-11(18)15-13)8-10-6-14-16(3)7-10/h6-7H,4-5,8-9H2,1-3H3,(H,15,18). The highest BCUT2D eigenvalue weighted by Crippen LogP contribution is 2.23. The van der Waals surface area contributed by atoms with Gasteiger partial charge in [-0.25, -0.2) is 0 Å². The molecule has 0 atom stereocenters. The summed E-state index contributed by atoms with van der Waals surface area (Å²) in [7, 11) is 1.83. The summed E-state index contributed by atoms with van der Waals surface area (Å²) in [5, 5.41) is 6.93. The molecule has 1 aliphatic heterocycles. The molecule has 1 aromatic rings. The lowest BCUT2D eigenvalue weighted by molar-refractivity contribution is -0.151. The molecular formula is C13H20N4O2. The molecule has 0 radical (unpaired) electrons. The molecule has 104 valence electrons. The molecule has 1 aromatic heterocycles. The first kappa shape index (κ1) is 13.6. The smallest absolute Gasteiger partial charge is 0.249 e. The number of aromatic nitrogens is 2. The average Bonchev–Trinajstić information content (AvgIpc) is 2.79. The molecule has 0 unspecified atom stereocenters. The summed E-state index contributed by atoms with van der Waals surface area (Å²) in [5.74, 6) is -0.0897. The Balaban J connectivity index is 2.20. The monoisotopic (exact) mass is 264 g/mol. The highest BCUT2D eigenvalue weighted by Gasteiger charge is 2.43. The van der Waals surface area contributed by atoms with Gasteiger partial charge in [0.2, 0.25) is 11.8 Å². The van der Waals surface area contributed by atoms with E-state index in [1.165, 1.54) is 0 Å². The molecule has 2 rings (SSSR count).